The van der Waals surface area contributed by atoms with Gasteiger partial charge >= 0.3 is 6.03 Å². The minimum Gasteiger partial charge on any atom is -0.491 e. The summed E-state index contributed by atoms with van der Waals surface area (Å²) in [6, 6.07) is 15.9. The third-order valence-corrected chi connectivity index (χ3v) is 3.87. The Hall–Kier alpha value is -2.49. The summed E-state index contributed by atoms with van der Waals surface area (Å²) in [6.07, 6.45) is 1.08. The molecule has 0 radical (unpaired) electrons. The summed E-state index contributed by atoms with van der Waals surface area (Å²) in [5.41, 5.74) is 3.31. The highest BCUT2D eigenvalue weighted by molar-refractivity contribution is 5.94. The third-order valence-electron chi connectivity index (χ3n) is 3.87. The van der Waals surface area contributed by atoms with Gasteiger partial charge < -0.3 is 10.1 Å². The Balaban J connectivity index is 1.57. The second-order valence-corrected chi connectivity index (χ2v) is 6.00. The van der Waals surface area contributed by atoms with Gasteiger partial charge in [-0.2, -0.15) is 0 Å². The highest BCUT2D eigenvalue weighted by Gasteiger charge is 2.23. The Morgan fingerprint density at radius 2 is 1.91 bits per heavy atom. The lowest BCUT2D eigenvalue weighted by atomic mass is 10.2. The monoisotopic (exact) mass is 310 g/mol. The van der Waals surface area contributed by atoms with Crippen molar-refractivity contribution in [3.05, 3.63) is 59.7 Å². The number of fused-ring (bicyclic) bond motifs is 1. The van der Waals surface area contributed by atoms with Crippen molar-refractivity contribution in [1.82, 2.24) is 5.32 Å². The Labute approximate surface area is 137 Å². The summed E-state index contributed by atoms with van der Waals surface area (Å²) in [5.74, 6) is 0.851. The molecule has 1 N–H and O–H groups in total. The zero-order chi connectivity index (χ0) is 16.2. The molecular weight excluding hydrogens is 288 g/mol. The fraction of sp³-hybridized carbons (Fsp3) is 0.316. The lowest BCUT2D eigenvalue weighted by molar-refractivity contribution is 0.242. The van der Waals surface area contributed by atoms with Crippen molar-refractivity contribution >= 4 is 11.7 Å². The van der Waals surface area contributed by atoms with Gasteiger partial charge in [-0.1, -0.05) is 30.3 Å². The van der Waals surface area contributed by atoms with Gasteiger partial charge in [-0.3, -0.25) is 4.90 Å². The van der Waals surface area contributed by atoms with Crippen LogP contribution < -0.4 is 15.0 Å². The fourth-order valence-electron chi connectivity index (χ4n) is 2.78. The van der Waals surface area contributed by atoms with E-state index in [1.807, 2.05) is 61.2 Å². The van der Waals surface area contributed by atoms with Crippen LogP contribution in [0.1, 0.15) is 25.0 Å². The highest BCUT2D eigenvalue weighted by Crippen LogP contribution is 2.27. The molecule has 4 heteroatoms. The average Bonchev–Trinajstić information content (AvgIpc) is 2.97. The Bertz CT molecular complexity index is 680. The van der Waals surface area contributed by atoms with E-state index in [4.69, 9.17) is 4.74 Å². The summed E-state index contributed by atoms with van der Waals surface area (Å²) < 4.78 is 5.62. The van der Waals surface area contributed by atoms with E-state index in [9.17, 15) is 4.79 Å². The molecule has 0 aliphatic carbocycles. The van der Waals surface area contributed by atoms with Gasteiger partial charge in [0.1, 0.15) is 5.75 Å². The number of urea groups is 1. The topological polar surface area (TPSA) is 41.6 Å². The first kappa shape index (κ1) is 15.4. The van der Waals surface area contributed by atoms with Crippen LogP contribution in [0.25, 0.3) is 0 Å². The molecule has 0 saturated heterocycles. The van der Waals surface area contributed by atoms with Gasteiger partial charge in [0, 0.05) is 18.8 Å². The number of para-hydroxylation sites is 1. The zero-order valence-corrected chi connectivity index (χ0v) is 13.6. The molecule has 2 aromatic rings. The van der Waals surface area contributed by atoms with Crippen molar-refractivity contribution in [3.63, 3.8) is 0 Å². The Kier molecular flexibility index (Phi) is 4.51. The normalized spacial score (nSPS) is 13.1. The van der Waals surface area contributed by atoms with Gasteiger partial charge in [-0.05, 0) is 49.6 Å². The Morgan fingerprint density at radius 1 is 1.17 bits per heavy atom. The van der Waals surface area contributed by atoms with Gasteiger partial charge in [-0.25, -0.2) is 4.79 Å². The number of amides is 2. The van der Waals surface area contributed by atoms with Crippen LogP contribution in [-0.2, 0) is 13.0 Å². The molecule has 0 aromatic heterocycles. The molecule has 0 bridgehead atoms. The smallest absolute Gasteiger partial charge is 0.322 e. The maximum absolute atomic E-state index is 12.4. The zero-order valence-electron chi connectivity index (χ0n) is 13.6. The first-order valence-corrected chi connectivity index (χ1v) is 8.02. The maximum Gasteiger partial charge on any atom is 0.322 e. The van der Waals surface area contributed by atoms with E-state index >= 15 is 0 Å². The summed E-state index contributed by atoms with van der Waals surface area (Å²) >= 11 is 0. The standard InChI is InChI=1S/C19H22N2O2/c1-14(2)23-17-9-7-15(8-10-17)13-20-19(22)21-12-11-16-5-3-4-6-18(16)21/h3-10,14H,11-13H2,1-2H3,(H,20,22). The molecule has 1 heterocycles. The predicted molar refractivity (Wildman–Crippen MR) is 91.9 cm³/mol. The lowest BCUT2D eigenvalue weighted by Crippen LogP contribution is -2.38. The number of rotatable bonds is 4. The number of carbonyl (C=O) groups is 1. The van der Waals surface area contributed by atoms with Crippen molar-refractivity contribution in [2.75, 3.05) is 11.4 Å². The van der Waals surface area contributed by atoms with E-state index in [1.165, 1.54) is 5.56 Å². The van der Waals surface area contributed by atoms with Crippen LogP contribution in [0.15, 0.2) is 48.5 Å². The van der Waals surface area contributed by atoms with Crippen molar-refractivity contribution in [3.8, 4) is 5.75 Å². The van der Waals surface area contributed by atoms with Gasteiger partial charge in [-0.15, -0.1) is 0 Å². The van der Waals surface area contributed by atoms with Crippen LogP contribution in [0.2, 0.25) is 0 Å². The van der Waals surface area contributed by atoms with Crippen LogP contribution in [0.4, 0.5) is 10.5 Å². The Morgan fingerprint density at radius 3 is 2.65 bits per heavy atom. The van der Waals surface area contributed by atoms with E-state index in [-0.39, 0.29) is 12.1 Å². The van der Waals surface area contributed by atoms with E-state index in [2.05, 4.69) is 11.4 Å². The van der Waals surface area contributed by atoms with Crippen LogP contribution in [0, 0.1) is 0 Å². The molecule has 2 amide bonds. The summed E-state index contributed by atoms with van der Waals surface area (Å²) in [5, 5.41) is 2.99. The fourth-order valence-corrected chi connectivity index (χ4v) is 2.78. The SMILES string of the molecule is CC(C)Oc1ccc(CNC(=O)N2CCc3ccccc32)cc1. The van der Waals surface area contributed by atoms with Crippen molar-refractivity contribution in [1.29, 1.82) is 0 Å². The number of anilines is 1. The molecule has 0 atom stereocenters. The van der Waals surface area contributed by atoms with Crippen molar-refractivity contribution in [2.45, 2.75) is 32.9 Å². The molecule has 3 rings (SSSR count). The number of hydrogen-bond acceptors (Lipinski definition) is 2. The number of hydrogen-bond donors (Lipinski definition) is 1. The summed E-state index contributed by atoms with van der Waals surface area (Å²) in [7, 11) is 0. The van der Waals surface area contributed by atoms with Gasteiger partial charge in [0.15, 0.2) is 0 Å². The first-order valence-electron chi connectivity index (χ1n) is 8.02. The third kappa shape index (κ3) is 3.65. The van der Waals surface area contributed by atoms with E-state index in [1.54, 1.807) is 0 Å². The van der Waals surface area contributed by atoms with Crippen molar-refractivity contribution < 1.29 is 9.53 Å². The predicted octanol–water partition coefficient (Wildman–Crippen LogP) is 3.75. The van der Waals surface area contributed by atoms with E-state index in [0.717, 1.165) is 30.0 Å². The molecule has 120 valence electrons. The molecule has 4 nitrogen and oxygen atoms in total. The van der Waals surface area contributed by atoms with Crippen LogP contribution in [0.5, 0.6) is 5.75 Å². The lowest BCUT2D eigenvalue weighted by Gasteiger charge is -2.18. The second kappa shape index (κ2) is 6.73. The number of benzene rings is 2. The highest BCUT2D eigenvalue weighted by atomic mass is 16.5. The quantitative estimate of drug-likeness (QED) is 0.934. The van der Waals surface area contributed by atoms with Crippen LogP contribution in [-0.4, -0.2) is 18.7 Å². The molecular formula is C19H22N2O2. The minimum absolute atomic E-state index is 0.0440. The second-order valence-electron chi connectivity index (χ2n) is 6.00. The van der Waals surface area contributed by atoms with Crippen LogP contribution in [0.3, 0.4) is 0 Å². The molecule has 1 aliphatic heterocycles. The largest absolute Gasteiger partial charge is 0.491 e. The average molecular weight is 310 g/mol. The van der Waals surface area contributed by atoms with Gasteiger partial charge in [0.05, 0.1) is 6.10 Å². The summed E-state index contributed by atoms with van der Waals surface area (Å²) in [4.78, 5) is 14.2. The number of ether oxygens (including phenoxy) is 1. The van der Waals surface area contributed by atoms with E-state index < -0.39 is 0 Å². The van der Waals surface area contributed by atoms with Gasteiger partial charge in [0.2, 0.25) is 0 Å². The van der Waals surface area contributed by atoms with E-state index in [0.29, 0.717) is 6.54 Å². The molecule has 0 spiro atoms. The number of nitrogens with zero attached hydrogens (tertiary/aromatic N) is 1. The summed E-state index contributed by atoms with van der Waals surface area (Å²) in [6.45, 7) is 5.26. The molecule has 23 heavy (non-hydrogen) atoms. The minimum atomic E-state index is -0.0440. The molecule has 1 aliphatic rings. The van der Waals surface area contributed by atoms with Crippen molar-refractivity contribution in [2.24, 2.45) is 0 Å². The molecule has 0 fully saturated rings. The molecule has 2 aromatic carbocycles. The van der Waals surface area contributed by atoms with Crippen LogP contribution >= 0.6 is 0 Å². The molecule has 0 unspecified atom stereocenters. The first-order chi connectivity index (χ1) is 11.1. The van der Waals surface area contributed by atoms with Gasteiger partial charge in [0.25, 0.3) is 0 Å². The number of nitrogens with one attached hydrogen (secondary N) is 1. The maximum atomic E-state index is 12.4. The molecule has 0 saturated carbocycles. The number of carbonyl (C=O) groups excluding carboxylic acids is 1.